The molecular formula is C16H16. The number of aryl methyl sites for hydroxylation is 1. The lowest BCUT2D eigenvalue weighted by molar-refractivity contribution is 1.14. The van der Waals surface area contributed by atoms with Crippen LogP contribution in [-0.2, 0) is 6.42 Å². The van der Waals surface area contributed by atoms with Gasteiger partial charge in [0.25, 0.3) is 0 Å². The summed E-state index contributed by atoms with van der Waals surface area (Å²) in [6, 6.07) is 17.1. The SMILES string of the molecule is C=Cc1ccccc1-c1ccc(CC)cc1. The highest BCUT2D eigenvalue weighted by molar-refractivity contribution is 5.74. The highest BCUT2D eigenvalue weighted by atomic mass is 14.1. The van der Waals surface area contributed by atoms with Crippen LogP contribution in [-0.4, -0.2) is 0 Å². The largest absolute Gasteiger partial charge is 0.0984 e. The van der Waals surface area contributed by atoms with Crippen LogP contribution in [0.1, 0.15) is 18.1 Å². The summed E-state index contributed by atoms with van der Waals surface area (Å²) in [5.41, 5.74) is 5.07. The van der Waals surface area contributed by atoms with Crippen LogP contribution >= 0.6 is 0 Å². The minimum atomic E-state index is 1.09. The van der Waals surface area contributed by atoms with Crippen molar-refractivity contribution in [2.75, 3.05) is 0 Å². The van der Waals surface area contributed by atoms with E-state index in [2.05, 4.69) is 56.0 Å². The van der Waals surface area contributed by atoms with Crippen molar-refractivity contribution >= 4 is 6.08 Å². The summed E-state index contributed by atoms with van der Waals surface area (Å²) >= 11 is 0. The van der Waals surface area contributed by atoms with Gasteiger partial charge < -0.3 is 0 Å². The van der Waals surface area contributed by atoms with Crippen LogP contribution in [0.25, 0.3) is 17.2 Å². The lowest BCUT2D eigenvalue weighted by Crippen LogP contribution is -1.84. The predicted octanol–water partition coefficient (Wildman–Crippen LogP) is 4.56. The Morgan fingerprint density at radius 1 is 1.00 bits per heavy atom. The van der Waals surface area contributed by atoms with E-state index in [1.165, 1.54) is 22.3 Å². The first-order valence-corrected chi connectivity index (χ1v) is 5.66. The standard InChI is InChI=1S/C16H16/c1-3-13-9-11-15(12-10-13)16-8-6-5-7-14(16)4-2/h4-12H,2-3H2,1H3. The van der Waals surface area contributed by atoms with E-state index < -0.39 is 0 Å². The predicted molar refractivity (Wildman–Crippen MR) is 71.3 cm³/mol. The molecule has 0 amide bonds. The average Bonchev–Trinajstić information content (AvgIpc) is 2.39. The molecule has 16 heavy (non-hydrogen) atoms. The van der Waals surface area contributed by atoms with Gasteiger partial charge in [0, 0.05) is 0 Å². The maximum Gasteiger partial charge on any atom is -0.0112 e. The summed E-state index contributed by atoms with van der Waals surface area (Å²) in [4.78, 5) is 0. The minimum Gasteiger partial charge on any atom is -0.0984 e. The Kier molecular flexibility index (Phi) is 3.21. The molecule has 80 valence electrons. The van der Waals surface area contributed by atoms with E-state index in [0.29, 0.717) is 0 Å². The fraction of sp³-hybridized carbons (Fsp3) is 0.125. The first-order chi connectivity index (χ1) is 7.85. The van der Waals surface area contributed by atoms with Crippen LogP contribution in [0.2, 0.25) is 0 Å². The fourth-order valence-corrected chi connectivity index (χ4v) is 1.86. The number of hydrogen-bond acceptors (Lipinski definition) is 0. The molecule has 0 unspecified atom stereocenters. The van der Waals surface area contributed by atoms with Crippen LogP contribution in [0.4, 0.5) is 0 Å². The van der Waals surface area contributed by atoms with Crippen LogP contribution in [0.15, 0.2) is 55.1 Å². The number of hydrogen-bond donors (Lipinski definition) is 0. The molecule has 0 fully saturated rings. The maximum absolute atomic E-state index is 3.85. The van der Waals surface area contributed by atoms with E-state index in [4.69, 9.17) is 0 Å². The molecule has 0 heteroatoms. The zero-order valence-electron chi connectivity index (χ0n) is 9.61. The Bertz CT molecular complexity index is 478. The van der Waals surface area contributed by atoms with Gasteiger partial charge in [-0.05, 0) is 28.7 Å². The van der Waals surface area contributed by atoms with Gasteiger partial charge in [-0.1, -0.05) is 68.1 Å². The van der Waals surface area contributed by atoms with E-state index in [1.54, 1.807) is 0 Å². The Hall–Kier alpha value is -1.82. The van der Waals surface area contributed by atoms with Crippen molar-refractivity contribution in [2.45, 2.75) is 13.3 Å². The molecule has 0 saturated heterocycles. The second kappa shape index (κ2) is 4.80. The Morgan fingerprint density at radius 2 is 1.69 bits per heavy atom. The third-order valence-electron chi connectivity index (χ3n) is 2.85. The van der Waals surface area contributed by atoms with E-state index in [0.717, 1.165) is 6.42 Å². The molecule has 0 aliphatic heterocycles. The van der Waals surface area contributed by atoms with Crippen molar-refractivity contribution < 1.29 is 0 Å². The molecule has 0 atom stereocenters. The molecule has 2 aromatic rings. The van der Waals surface area contributed by atoms with Gasteiger partial charge in [-0.25, -0.2) is 0 Å². The van der Waals surface area contributed by atoms with Gasteiger partial charge in [0.1, 0.15) is 0 Å². The Morgan fingerprint density at radius 3 is 2.31 bits per heavy atom. The molecular weight excluding hydrogens is 192 g/mol. The first kappa shape index (κ1) is 10.7. The van der Waals surface area contributed by atoms with Gasteiger partial charge in [-0.15, -0.1) is 0 Å². The highest BCUT2D eigenvalue weighted by Crippen LogP contribution is 2.24. The summed E-state index contributed by atoms with van der Waals surface area (Å²) in [6.45, 7) is 6.02. The van der Waals surface area contributed by atoms with E-state index in [1.807, 2.05) is 12.1 Å². The number of rotatable bonds is 3. The Balaban J connectivity index is 2.46. The monoisotopic (exact) mass is 208 g/mol. The van der Waals surface area contributed by atoms with Crippen molar-refractivity contribution in [3.63, 3.8) is 0 Å². The van der Waals surface area contributed by atoms with Crippen LogP contribution in [0.3, 0.4) is 0 Å². The second-order valence-electron chi connectivity index (χ2n) is 3.84. The fourth-order valence-electron chi connectivity index (χ4n) is 1.86. The van der Waals surface area contributed by atoms with Crippen molar-refractivity contribution in [1.29, 1.82) is 0 Å². The molecule has 0 spiro atoms. The van der Waals surface area contributed by atoms with Gasteiger partial charge in [0.2, 0.25) is 0 Å². The van der Waals surface area contributed by atoms with Gasteiger partial charge >= 0.3 is 0 Å². The van der Waals surface area contributed by atoms with E-state index in [-0.39, 0.29) is 0 Å². The number of benzene rings is 2. The maximum atomic E-state index is 3.85. The zero-order valence-corrected chi connectivity index (χ0v) is 9.61. The average molecular weight is 208 g/mol. The molecule has 0 saturated carbocycles. The van der Waals surface area contributed by atoms with Crippen molar-refractivity contribution in [3.8, 4) is 11.1 Å². The zero-order chi connectivity index (χ0) is 11.4. The normalized spacial score (nSPS) is 10.1. The third-order valence-corrected chi connectivity index (χ3v) is 2.85. The molecule has 2 rings (SSSR count). The van der Waals surface area contributed by atoms with Crippen LogP contribution < -0.4 is 0 Å². The Labute approximate surface area is 97.3 Å². The van der Waals surface area contributed by atoms with Crippen molar-refractivity contribution in [1.82, 2.24) is 0 Å². The molecule has 0 N–H and O–H groups in total. The van der Waals surface area contributed by atoms with Gasteiger partial charge in [0.15, 0.2) is 0 Å². The van der Waals surface area contributed by atoms with E-state index in [9.17, 15) is 0 Å². The molecule has 2 aromatic carbocycles. The van der Waals surface area contributed by atoms with Gasteiger partial charge in [-0.2, -0.15) is 0 Å². The third kappa shape index (κ3) is 2.06. The minimum absolute atomic E-state index is 1.09. The van der Waals surface area contributed by atoms with Crippen molar-refractivity contribution in [2.24, 2.45) is 0 Å². The summed E-state index contributed by atoms with van der Waals surface area (Å²) in [5.74, 6) is 0. The molecule has 0 bridgehead atoms. The molecule has 0 radical (unpaired) electrons. The van der Waals surface area contributed by atoms with Gasteiger partial charge in [0.05, 0.1) is 0 Å². The first-order valence-electron chi connectivity index (χ1n) is 5.66. The molecule has 0 aromatic heterocycles. The summed E-state index contributed by atoms with van der Waals surface area (Å²) in [7, 11) is 0. The lowest BCUT2D eigenvalue weighted by Gasteiger charge is -2.06. The summed E-state index contributed by atoms with van der Waals surface area (Å²) in [5, 5.41) is 0. The van der Waals surface area contributed by atoms with Crippen molar-refractivity contribution in [3.05, 3.63) is 66.2 Å². The quantitative estimate of drug-likeness (QED) is 0.693. The van der Waals surface area contributed by atoms with Crippen LogP contribution in [0.5, 0.6) is 0 Å². The lowest BCUT2D eigenvalue weighted by atomic mass is 9.98. The summed E-state index contributed by atoms with van der Waals surface area (Å²) in [6.07, 6.45) is 2.99. The molecule has 0 heterocycles. The van der Waals surface area contributed by atoms with E-state index >= 15 is 0 Å². The molecule has 0 aliphatic rings. The van der Waals surface area contributed by atoms with Crippen LogP contribution in [0, 0.1) is 0 Å². The van der Waals surface area contributed by atoms with Gasteiger partial charge in [-0.3, -0.25) is 0 Å². The summed E-state index contributed by atoms with van der Waals surface area (Å²) < 4.78 is 0. The highest BCUT2D eigenvalue weighted by Gasteiger charge is 2.01. The molecule has 0 aliphatic carbocycles. The topological polar surface area (TPSA) is 0 Å². The smallest absolute Gasteiger partial charge is 0.0112 e. The second-order valence-corrected chi connectivity index (χ2v) is 3.84. The molecule has 0 nitrogen and oxygen atoms in total.